The molecule has 0 aliphatic heterocycles. The van der Waals surface area contributed by atoms with Crippen molar-refractivity contribution < 1.29 is 19.5 Å². The number of carboxylic acid groups (broad SMARTS) is 1. The lowest BCUT2D eigenvalue weighted by molar-refractivity contribution is -0.148. The number of rotatable bonds is 4. The molecule has 7 nitrogen and oxygen atoms in total. The van der Waals surface area contributed by atoms with Crippen molar-refractivity contribution in [3.05, 3.63) is 0 Å². The van der Waals surface area contributed by atoms with E-state index in [0.717, 1.165) is 25.7 Å². The number of carboxylic acids is 1. The van der Waals surface area contributed by atoms with E-state index in [-0.39, 0.29) is 0 Å². The Hall–Kier alpha value is -1.79. The molecule has 0 bridgehead atoms. The number of nitrogens with two attached hydrogens (primary N) is 1. The maximum Gasteiger partial charge on any atom is 0.329 e. The second-order valence-corrected chi connectivity index (χ2v) is 5.02. The number of aliphatic carboxylic acids is 1. The van der Waals surface area contributed by atoms with Crippen LogP contribution in [-0.2, 0) is 9.59 Å². The van der Waals surface area contributed by atoms with Gasteiger partial charge >= 0.3 is 12.0 Å². The standard InChI is InChI=1S/C12H21N3O4/c1-8(14-11(13)19)9(16)15-12(10(17)18)6-4-2-3-5-7-12/h8H,2-7H2,1H3,(H,15,16)(H,17,18)(H3,13,14,19). The molecule has 7 heteroatoms. The van der Waals surface area contributed by atoms with Crippen LogP contribution in [0.25, 0.3) is 0 Å². The minimum Gasteiger partial charge on any atom is -0.480 e. The number of hydrogen-bond donors (Lipinski definition) is 4. The van der Waals surface area contributed by atoms with Crippen LogP contribution >= 0.6 is 0 Å². The Bertz CT molecular complexity index is 362. The molecule has 1 aliphatic rings. The number of carbonyl (C=O) groups excluding carboxylic acids is 2. The van der Waals surface area contributed by atoms with Gasteiger partial charge in [-0.25, -0.2) is 9.59 Å². The SMILES string of the molecule is CC(NC(N)=O)C(=O)NC1(C(=O)O)CCCCCC1. The third-order valence-corrected chi connectivity index (χ3v) is 3.48. The van der Waals surface area contributed by atoms with Gasteiger partial charge in [-0.2, -0.15) is 0 Å². The average Bonchev–Trinajstić information content (AvgIpc) is 2.54. The van der Waals surface area contributed by atoms with E-state index in [4.69, 9.17) is 5.73 Å². The number of carbonyl (C=O) groups is 3. The van der Waals surface area contributed by atoms with Crippen LogP contribution in [0.2, 0.25) is 0 Å². The number of urea groups is 1. The molecule has 1 rings (SSSR count). The van der Waals surface area contributed by atoms with Gasteiger partial charge in [-0.15, -0.1) is 0 Å². The maximum absolute atomic E-state index is 11.9. The van der Waals surface area contributed by atoms with E-state index < -0.39 is 29.5 Å². The first kappa shape index (κ1) is 15.3. The van der Waals surface area contributed by atoms with Crippen LogP contribution < -0.4 is 16.4 Å². The predicted molar refractivity (Wildman–Crippen MR) is 68.4 cm³/mol. The molecular formula is C12H21N3O4. The Morgan fingerprint density at radius 1 is 1.16 bits per heavy atom. The first-order valence-corrected chi connectivity index (χ1v) is 6.49. The number of amides is 3. The topological polar surface area (TPSA) is 122 Å². The average molecular weight is 271 g/mol. The highest BCUT2D eigenvalue weighted by Gasteiger charge is 2.40. The minimum absolute atomic E-state index is 0.414. The van der Waals surface area contributed by atoms with Crippen LogP contribution in [0.15, 0.2) is 0 Å². The maximum atomic E-state index is 11.9. The molecular weight excluding hydrogens is 250 g/mol. The van der Waals surface area contributed by atoms with Crippen LogP contribution in [0.3, 0.4) is 0 Å². The first-order valence-electron chi connectivity index (χ1n) is 6.49. The highest BCUT2D eigenvalue weighted by atomic mass is 16.4. The van der Waals surface area contributed by atoms with Gasteiger partial charge < -0.3 is 21.5 Å². The van der Waals surface area contributed by atoms with Gasteiger partial charge in [0, 0.05) is 0 Å². The molecule has 3 amide bonds. The predicted octanol–water partition coefficient (Wildman–Crippen LogP) is 0.337. The van der Waals surface area contributed by atoms with E-state index >= 15 is 0 Å². The smallest absolute Gasteiger partial charge is 0.329 e. The molecule has 1 saturated carbocycles. The van der Waals surface area contributed by atoms with Crippen LogP contribution in [0.5, 0.6) is 0 Å². The quantitative estimate of drug-likeness (QED) is 0.551. The van der Waals surface area contributed by atoms with Crippen molar-refractivity contribution in [3.8, 4) is 0 Å². The Morgan fingerprint density at radius 2 is 1.68 bits per heavy atom. The molecule has 0 aromatic carbocycles. The highest BCUT2D eigenvalue weighted by Crippen LogP contribution is 2.27. The summed E-state index contributed by atoms with van der Waals surface area (Å²) in [5.41, 5.74) is 3.71. The van der Waals surface area contributed by atoms with Gasteiger partial charge in [0.05, 0.1) is 0 Å². The van der Waals surface area contributed by atoms with Crippen molar-refractivity contribution >= 4 is 17.9 Å². The van der Waals surface area contributed by atoms with Crippen molar-refractivity contribution in [2.45, 2.75) is 57.0 Å². The second kappa shape index (κ2) is 6.40. The molecule has 108 valence electrons. The summed E-state index contributed by atoms with van der Waals surface area (Å²) in [7, 11) is 0. The fourth-order valence-corrected chi connectivity index (χ4v) is 2.35. The van der Waals surface area contributed by atoms with Crippen LogP contribution in [0.4, 0.5) is 4.79 Å². The Balaban J connectivity index is 2.75. The van der Waals surface area contributed by atoms with Crippen molar-refractivity contribution in [1.82, 2.24) is 10.6 Å². The van der Waals surface area contributed by atoms with Gasteiger partial charge in [-0.05, 0) is 19.8 Å². The Kier molecular flexibility index (Phi) is 5.14. The van der Waals surface area contributed by atoms with Gasteiger partial charge in [0.15, 0.2) is 0 Å². The third kappa shape index (κ3) is 4.11. The van der Waals surface area contributed by atoms with E-state index in [1.165, 1.54) is 6.92 Å². The first-order chi connectivity index (χ1) is 8.87. The van der Waals surface area contributed by atoms with E-state index in [0.29, 0.717) is 12.8 Å². The van der Waals surface area contributed by atoms with E-state index in [1.807, 2.05) is 0 Å². The summed E-state index contributed by atoms with van der Waals surface area (Å²) in [5, 5.41) is 14.2. The highest BCUT2D eigenvalue weighted by molar-refractivity contribution is 5.91. The summed E-state index contributed by atoms with van der Waals surface area (Å²) < 4.78 is 0. The monoisotopic (exact) mass is 271 g/mol. The second-order valence-electron chi connectivity index (χ2n) is 5.02. The van der Waals surface area contributed by atoms with Gasteiger partial charge in [-0.1, -0.05) is 25.7 Å². The lowest BCUT2D eigenvalue weighted by Gasteiger charge is -2.30. The van der Waals surface area contributed by atoms with Crippen LogP contribution in [0, 0.1) is 0 Å². The molecule has 1 atom stereocenters. The normalized spacial score (nSPS) is 19.8. The summed E-state index contributed by atoms with van der Waals surface area (Å²) in [5.74, 6) is -1.54. The van der Waals surface area contributed by atoms with Crippen molar-refractivity contribution in [3.63, 3.8) is 0 Å². The molecule has 0 aromatic heterocycles. The molecule has 0 radical (unpaired) electrons. The molecule has 1 fully saturated rings. The van der Waals surface area contributed by atoms with Gasteiger partial charge in [0.25, 0.3) is 0 Å². The summed E-state index contributed by atoms with van der Waals surface area (Å²) in [4.78, 5) is 34.1. The van der Waals surface area contributed by atoms with Crippen molar-refractivity contribution in [1.29, 1.82) is 0 Å². The zero-order valence-electron chi connectivity index (χ0n) is 11.1. The van der Waals surface area contributed by atoms with E-state index in [9.17, 15) is 19.5 Å². The van der Waals surface area contributed by atoms with E-state index in [2.05, 4.69) is 10.6 Å². The van der Waals surface area contributed by atoms with Crippen LogP contribution in [-0.4, -0.2) is 34.6 Å². The largest absolute Gasteiger partial charge is 0.480 e. The van der Waals surface area contributed by atoms with Gasteiger partial charge in [-0.3, -0.25) is 4.79 Å². The Morgan fingerprint density at radius 3 is 2.11 bits per heavy atom. The summed E-state index contributed by atoms with van der Waals surface area (Å²) in [6.45, 7) is 1.46. The number of hydrogen-bond acceptors (Lipinski definition) is 3. The molecule has 1 unspecified atom stereocenters. The van der Waals surface area contributed by atoms with E-state index in [1.54, 1.807) is 0 Å². The fraction of sp³-hybridized carbons (Fsp3) is 0.750. The van der Waals surface area contributed by atoms with Crippen molar-refractivity contribution in [2.75, 3.05) is 0 Å². The zero-order chi connectivity index (χ0) is 14.5. The van der Waals surface area contributed by atoms with Gasteiger partial charge in [0.1, 0.15) is 11.6 Å². The Labute approximate surface area is 111 Å². The molecule has 0 aromatic rings. The zero-order valence-corrected chi connectivity index (χ0v) is 11.1. The molecule has 0 heterocycles. The molecule has 0 spiro atoms. The lowest BCUT2D eigenvalue weighted by atomic mass is 9.90. The molecule has 1 aliphatic carbocycles. The fourth-order valence-electron chi connectivity index (χ4n) is 2.35. The summed E-state index contributed by atoms with van der Waals surface area (Å²) in [6, 6.07) is -1.66. The minimum atomic E-state index is -1.22. The molecule has 19 heavy (non-hydrogen) atoms. The summed E-state index contributed by atoms with van der Waals surface area (Å²) in [6.07, 6.45) is 4.31. The lowest BCUT2D eigenvalue weighted by Crippen LogP contribution is -2.59. The molecule has 0 saturated heterocycles. The number of primary amides is 1. The third-order valence-electron chi connectivity index (χ3n) is 3.48. The molecule has 5 N–H and O–H groups in total. The van der Waals surface area contributed by atoms with Crippen molar-refractivity contribution in [2.24, 2.45) is 5.73 Å². The van der Waals surface area contributed by atoms with Gasteiger partial charge in [0.2, 0.25) is 5.91 Å². The van der Waals surface area contributed by atoms with Crippen LogP contribution in [0.1, 0.15) is 45.4 Å². The summed E-state index contributed by atoms with van der Waals surface area (Å²) >= 11 is 0. The number of nitrogens with one attached hydrogen (secondary N) is 2.